The first-order valence-electron chi connectivity index (χ1n) is 6.03. The van der Waals surface area contributed by atoms with Crippen molar-refractivity contribution in [2.45, 2.75) is 6.42 Å². The fourth-order valence-electron chi connectivity index (χ4n) is 1.35. The van der Waals surface area contributed by atoms with Gasteiger partial charge in [0, 0.05) is 16.4 Å². The molecule has 0 amide bonds. The summed E-state index contributed by atoms with van der Waals surface area (Å²) in [5.74, 6) is 0. The normalized spacial score (nSPS) is 9.17. The first-order valence-corrected chi connectivity index (χ1v) is 6.03. The highest BCUT2D eigenvalue weighted by Crippen LogP contribution is 2.01. The minimum Gasteiger partial charge on any atom is -0.235 e. The molecule has 0 N–H and O–H groups in total. The van der Waals surface area contributed by atoms with Crippen LogP contribution in [0, 0.1) is 30.3 Å². The largest absolute Gasteiger partial charge is 0.235 e. The summed E-state index contributed by atoms with van der Waals surface area (Å²) in [6.45, 7) is -2.98. The van der Waals surface area contributed by atoms with Gasteiger partial charge in [-0.3, -0.25) is 0 Å². The van der Waals surface area contributed by atoms with Crippen LogP contribution in [0.5, 0.6) is 0 Å². The van der Waals surface area contributed by atoms with Crippen LogP contribution >= 0.6 is 0 Å². The summed E-state index contributed by atoms with van der Waals surface area (Å²) in [6, 6.07) is 0. The molecule has 0 heterocycles. The molecule has 0 saturated heterocycles. The molecule has 0 unspecified atom stereocenters. The van der Waals surface area contributed by atoms with Gasteiger partial charge in [-0.15, -0.1) is 5.01 Å². The van der Waals surface area contributed by atoms with E-state index in [2.05, 4.69) is 20.1 Å². The van der Waals surface area contributed by atoms with Crippen LogP contribution in [-0.2, 0) is 0 Å². The van der Waals surface area contributed by atoms with Crippen LogP contribution < -0.4 is 0 Å². The Morgan fingerprint density at radius 2 is 1.33 bits per heavy atom. The molecule has 0 aromatic heterocycles. The average molecular weight is 348 g/mol. The van der Waals surface area contributed by atoms with Gasteiger partial charge in [-0.25, -0.2) is 30.3 Å². The SMILES string of the molecule is [N-]=[N+]=NCCCN(CN(CN(CN=[N+]=[N-])[N+](=O)[O-])[N+](=O)[O-])[N+](=O)[O-]. The number of nitro groups is 3. The molecule has 0 atom stereocenters. The molecule has 132 valence electrons. The number of hydrogen-bond donors (Lipinski definition) is 0. The highest BCUT2D eigenvalue weighted by atomic mass is 16.7. The van der Waals surface area contributed by atoms with Gasteiger partial charge in [-0.1, -0.05) is 20.2 Å². The second kappa shape index (κ2) is 10.9. The second-order valence-corrected chi connectivity index (χ2v) is 3.92. The van der Waals surface area contributed by atoms with Gasteiger partial charge in [0.05, 0.1) is 6.54 Å². The summed E-state index contributed by atoms with van der Waals surface area (Å²) in [5.41, 5.74) is 16.2. The van der Waals surface area contributed by atoms with Crippen LogP contribution in [0.1, 0.15) is 6.42 Å². The van der Waals surface area contributed by atoms with Crippen molar-refractivity contribution in [3.63, 3.8) is 0 Å². The van der Waals surface area contributed by atoms with Gasteiger partial charge >= 0.3 is 0 Å². The minimum absolute atomic E-state index is 0.0499. The van der Waals surface area contributed by atoms with E-state index in [1.807, 2.05) is 0 Å². The molecular formula is C6H12N12O6. The zero-order valence-corrected chi connectivity index (χ0v) is 12.1. The van der Waals surface area contributed by atoms with E-state index in [1.54, 1.807) is 0 Å². The van der Waals surface area contributed by atoms with Crippen molar-refractivity contribution >= 4 is 0 Å². The molecule has 0 aromatic carbocycles. The molecule has 0 aliphatic heterocycles. The van der Waals surface area contributed by atoms with Gasteiger partial charge in [0.15, 0.2) is 21.8 Å². The molecule has 0 aliphatic rings. The molecule has 24 heavy (non-hydrogen) atoms. The molecule has 0 bridgehead atoms. The molecule has 0 fully saturated rings. The summed E-state index contributed by atoms with van der Waals surface area (Å²) in [7, 11) is 0. The van der Waals surface area contributed by atoms with Gasteiger partial charge < -0.3 is 0 Å². The van der Waals surface area contributed by atoms with Crippen LogP contribution in [0.2, 0.25) is 0 Å². The maximum absolute atomic E-state index is 10.9. The van der Waals surface area contributed by atoms with Gasteiger partial charge in [0.1, 0.15) is 0 Å². The number of azide groups is 2. The van der Waals surface area contributed by atoms with Crippen molar-refractivity contribution in [1.29, 1.82) is 0 Å². The second-order valence-electron chi connectivity index (χ2n) is 3.92. The lowest BCUT2D eigenvalue weighted by Crippen LogP contribution is -2.50. The van der Waals surface area contributed by atoms with E-state index in [-0.39, 0.29) is 29.5 Å². The van der Waals surface area contributed by atoms with E-state index in [0.29, 0.717) is 5.01 Å². The zero-order valence-electron chi connectivity index (χ0n) is 12.1. The van der Waals surface area contributed by atoms with E-state index in [1.165, 1.54) is 0 Å². The summed E-state index contributed by atoms with van der Waals surface area (Å²) >= 11 is 0. The van der Waals surface area contributed by atoms with Crippen LogP contribution in [0.25, 0.3) is 20.9 Å². The molecule has 0 aromatic rings. The monoisotopic (exact) mass is 348 g/mol. The minimum atomic E-state index is -1.06. The van der Waals surface area contributed by atoms with Crippen LogP contribution in [0.15, 0.2) is 10.2 Å². The van der Waals surface area contributed by atoms with E-state index in [0.717, 1.165) is 0 Å². The summed E-state index contributed by atoms with van der Waals surface area (Å²) < 4.78 is 0. The van der Waals surface area contributed by atoms with E-state index in [9.17, 15) is 30.3 Å². The topological polar surface area (TPSA) is 237 Å². The third kappa shape index (κ3) is 7.86. The highest BCUT2D eigenvalue weighted by Gasteiger charge is 2.29. The Kier molecular flexibility index (Phi) is 9.16. The van der Waals surface area contributed by atoms with Gasteiger partial charge in [-0.2, -0.15) is 0 Å². The van der Waals surface area contributed by atoms with Gasteiger partial charge in [0.2, 0.25) is 13.3 Å². The Labute approximate surface area is 132 Å². The van der Waals surface area contributed by atoms with E-state index in [4.69, 9.17) is 11.1 Å². The summed E-state index contributed by atoms with van der Waals surface area (Å²) in [6.07, 6.45) is 0.0499. The first-order chi connectivity index (χ1) is 11.3. The zero-order chi connectivity index (χ0) is 18.5. The van der Waals surface area contributed by atoms with E-state index >= 15 is 0 Å². The first kappa shape index (κ1) is 20.2. The molecule has 0 spiro atoms. The lowest BCUT2D eigenvalue weighted by Gasteiger charge is -2.21. The number of hydrazine groups is 3. The predicted molar refractivity (Wildman–Crippen MR) is 73.7 cm³/mol. The van der Waals surface area contributed by atoms with Crippen molar-refractivity contribution < 1.29 is 15.1 Å². The highest BCUT2D eigenvalue weighted by molar-refractivity contribution is 4.52. The Bertz CT molecular complexity index is 554. The molecular weight excluding hydrogens is 336 g/mol. The molecule has 0 saturated carbocycles. The van der Waals surface area contributed by atoms with Crippen molar-refractivity contribution in [3.8, 4) is 0 Å². The van der Waals surface area contributed by atoms with Crippen molar-refractivity contribution in [3.05, 3.63) is 51.2 Å². The maximum atomic E-state index is 10.9. The number of nitrogens with zero attached hydrogens (tertiary/aromatic N) is 12. The fourth-order valence-corrected chi connectivity index (χ4v) is 1.35. The van der Waals surface area contributed by atoms with Gasteiger partial charge in [-0.05, 0) is 17.5 Å². The van der Waals surface area contributed by atoms with Crippen molar-refractivity contribution in [2.75, 3.05) is 33.1 Å². The van der Waals surface area contributed by atoms with Gasteiger partial charge in [0.25, 0.3) is 0 Å². The van der Waals surface area contributed by atoms with Crippen LogP contribution in [-0.4, -0.2) is 63.2 Å². The van der Waals surface area contributed by atoms with Crippen LogP contribution in [0.4, 0.5) is 0 Å². The van der Waals surface area contributed by atoms with Crippen molar-refractivity contribution in [1.82, 2.24) is 15.0 Å². The summed E-state index contributed by atoms with van der Waals surface area (Å²) in [5, 5.41) is 36.4. The lowest BCUT2D eigenvalue weighted by atomic mass is 10.4. The maximum Gasteiger partial charge on any atom is 0.210 e. The van der Waals surface area contributed by atoms with Crippen LogP contribution in [0.3, 0.4) is 0 Å². The number of rotatable bonds is 13. The van der Waals surface area contributed by atoms with Crippen molar-refractivity contribution in [2.24, 2.45) is 10.2 Å². The summed E-state index contributed by atoms with van der Waals surface area (Å²) in [4.78, 5) is 37.3. The standard InChI is InChI=1S/C6H12N12O6/c7-11-9-2-1-3-13(16(19)20)5-15(18(23)24)6-14(17(21)22)4-10-12-8/h1-6H2. The number of hydrogen-bond acceptors (Lipinski definition) is 8. The molecule has 0 radical (unpaired) electrons. The van der Waals surface area contributed by atoms with E-state index < -0.39 is 35.1 Å². The quantitative estimate of drug-likeness (QED) is 0.0846. The average Bonchev–Trinajstić information content (AvgIpc) is 2.51. The smallest absolute Gasteiger partial charge is 0.210 e. The Morgan fingerprint density at radius 1 is 0.833 bits per heavy atom. The Morgan fingerprint density at radius 3 is 1.79 bits per heavy atom. The predicted octanol–water partition coefficient (Wildman–Crippen LogP) is 0.351. The molecule has 0 aliphatic carbocycles. The Hall–Kier alpha value is -3.78. The molecule has 18 nitrogen and oxygen atoms in total. The Balaban J connectivity index is 4.95. The third-order valence-electron chi connectivity index (χ3n) is 2.37. The molecule has 0 rings (SSSR count). The molecule has 18 heteroatoms. The third-order valence-corrected chi connectivity index (χ3v) is 2.37. The fraction of sp³-hybridized carbons (Fsp3) is 1.00. The lowest BCUT2D eigenvalue weighted by molar-refractivity contribution is -0.736.